The average molecular weight is 306 g/mol. The molecule has 112 valence electrons. The zero-order valence-corrected chi connectivity index (χ0v) is 12.0. The second-order valence-corrected chi connectivity index (χ2v) is 7.58. The lowest BCUT2D eigenvalue weighted by atomic mass is 9.89. The minimum absolute atomic E-state index is 0.123. The first-order valence-electron chi connectivity index (χ1n) is 6.92. The molecule has 20 heavy (non-hydrogen) atoms. The van der Waals surface area contributed by atoms with Crippen LogP contribution in [0.1, 0.15) is 32.6 Å². The highest BCUT2D eigenvalue weighted by molar-refractivity contribution is 8.16. The van der Waals surface area contributed by atoms with Gasteiger partial charge in [0.1, 0.15) is 0 Å². The lowest BCUT2D eigenvalue weighted by Crippen LogP contribution is -2.44. The molecule has 7 heteroatoms. The van der Waals surface area contributed by atoms with E-state index in [2.05, 4.69) is 10.3 Å². The Kier molecular flexibility index (Phi) is 3.30. The maximum Gasteiger partial charge on any atom is 0.412 e. The number of nitrogens with zero attached hydrogens (tertiary/aromatic N) is 1. The molecule has 0 spiro atoms. The molecule has 0 radical (unpaired) electrons. The number of thioether (sulfide) groups is 1. The molecule has 0 saturated heterocycles. The minimum Gasteiger partial charge on any atom is -0.364 e. The van der Waals surface area contributed by atoms with E-state index in [1.807, 2.05) is 0 Å². The molecule has 2 bridgehead atoms. The monoisotopic (exact) mass is 306 g/mol. The van der Waals surface area contributed by atoms with Crippen LogP contribution in [0.4, 0.5) is 13.2 Å². The smallest absolute Gasteiger partial charge is 0.364 e. The first-order valence-corrected chi connectivity index (χ1v) is 7.74. The number of carbonyl (C=O) groups is 1. The molecule has 2 aliphatic carbocycles. The Bertz CT molecular complexity index is 465. The van der Waals surface area contributed by atoms with E-state index in [1.54, 1.807) is 0 Å². The summed E-state index contributed by atoms with van der Waals surface area (Å²) in [6.07, 6.45) is 0.358. The number of alkyl halides is 3. The molecule has 0 aromatic heterocycles. The first kappa shape index (κ1) is 14.2. The van der Waals surface area contributed by atoms with Crippen molar-refractivity contribution in [2.45, 2.75) is 43.5 Å². The van der Waals surface area contributed by atoms with Gasteiger partial charge < -0.3 is 5.32 Å². The van der Waals surface area contributed by atoms with Crippen LogP contribution in [-0.2, 0) is 4.79 Å². The number of halogens is 3. The van der Waals surface area contributed by atoms with E-state index in [-0.39, 0.29) is 5.17 Å². The molecule has 0 aromatic carbocycles. The van der Waals surface area contributed by atoms with Crippen LogP contribution < -0.4 is 5.32 Å². The van der Waals surface area contributed by atoms with Gasteiger partial charge >= 0.3 is 6.18 Å². The third-order valence-corrected chi connectivity index (χ3v) is 6.10. The van der Waals surface area contributed by atoms with Crippen LogP contribution in [-0.4, -0.2) is 28.5 Å². The van der Waals surface area contributed by atoms with Crippen molar-refractivity contribution in [3.63, 3.8) is 0 Å². The van der Waals surface area contributed by atoms with E-state index in [1.165, 1.54) is 19.3 Å². The minimum atomic E-state index is -4.58. The number of hydrogen-bond acceptors (Lipinski definition) is 3. The fourth-order valence-electron chi connectivity index (χ4n) is 3.56. The van der Waals surface area contributed by atoms with Crippen LogP contribution in [0.25, 0.3) is 0 Å². The Morgan fingerprint density at radius 1 is 1.40 bits per heavy atom. The summed E-state index contributed by atoms with van der Waals surface area (Å²) < 4.78 is 36.2. The number of hydrogen-bond donors (Lipinski definition) is 1. The molecule has 2 saturated carbocycles. The summed E-state index contributed by atoms with van der Waals surface area (Å²) in [7, 11) is 0. The van der Waals surface area contributed by atoms with E-state index in [4.69, 9.17) is 0 Å². The van der Waals surface area contributed by atoms with Crippen LogP contribution in [0.15, 0.2) is 4.99 Å². The summed E-state index contributed by atoms with van der Waals surface area (Å²) in [5.74, 6) is 0.909. The predicted molar refractivity (Wildman–Crippen MR) is 71.4 cm³/mol. The van der Waals surface area contributed by atoms with Gasteiger partial charge in [0, 0.05) is 6.54 Å². The van der Waals surface area contributed by atoms with Crippen molar-refractivity contribution in [1.29, 1.82) is 0 Å². The van der Waals surface area contributed by atoms with Gasteiger partial charge in [-0.3, -0.25) is 4.79 Å². The van der Waals surface area contributed by atoms with E-state index < -0.39 is 16.8 Å². The molecule has 1 heterocycles. The zero-order valence-electron chi connectivity index (χ0n) is 11.2. The summed E-state index contributed by atoms with van der Waals surface area (Å²) >= 11 is 0.496. The van der Waals surface area contributed by atoms with Crippen LogP contribution in [0.5, 0.6) is 0 Å². The quantitative estimate of drug-likeness (QED) is 0.853. The van der Waals surface area contributed by atoms with Crippen molar-refractivity contribution >= 4 is 22.8 Å². The molecule has 3 nitrogen and oxygen atoms in total. The van der Waals surface area contributed by atoms with Gasteiger partial charge in [-0.25, -0.2) is 0 Å². The van der Waals surface area contributed by atoms with Crippen LogP contribution in [0, 0.1) is 17.8 Å². The van der Waals surface area contributed by atoms with Gasteiger partial charge in [0.2, 0.25) is 0 Å². The average Bonchev–Trinajstić information content (AvgIpc) is 3.01. The standard InChI is InChI=1S/C13H17F3N2OS/c1-12(13(14,15)16)10(19)18-11(20-12)17-6-9-5-7-2-3-8(9)4-7/h7-9H,2-6H2,1H3,(H,17,18,19)/t7-,8?,9?,12-/m1/s1. The van der Waals surface area contributed by atoms with Crippen molar-refractivity contribution in [3.8, 4) is 0 Å². The highest BCUT2D eigenvalue weighted by atomic mass is 32.2. The van der Waals surface area contributed by atoms with Gasteiger partial charge in [0.05, 0.1) is 0 Å². The number of aliphatic imine (C=N–C) groups is 1. The highest BCUT2D eigenvalue weighted by Crippen LogP contribution is 2.49. The van der Waals surface area contributed by atoms with Crippen LogP contribution in [0.2, 0.25) is 0 Å². The molecular weight excluding hydrogens is 289 g/mol. The van der Waals surface area contributed by atoms with Gasteiger partial charge in [-0.2, -0.15) is 18.2 Å². The van der Waals surface area contributed by atoms with Crippen molar-refractivity contribution in [1.82, 2.24) is 5.32 Å². The molecular formula is C13H17F3N2OS. The van der Waals surface area contributed by atoms with Crippen molar-refractivity contribution in [2.75, 3.05) is 6.54 Å². The number of amides is 1. The van der Waals surface area contributed by atoms with Crippen molar-refractivity contribution < 1.29 is 18.0 Å². The molecule has 1 N–H and O–H groups in total. The molecule has 0 aromatic rings. The first-order chi connectivity index (χ1) is 9.29. The fraction of sp³-hybridized carbons (Fsp3) is 0.846. The third kappa shape index (κ3) is 2.23. The number of nitrogens with one attached hydrogen (secondary N) is 1. The largest absolute Gasteiger partial charge is 0.412 e. The summed E-state index contributed by atoms with van der Waals surface area (Å²) in [5.41, 5.74) is 0. The summed E-state index contributed by atoms with van der Waals surface area (Å²) in [5, 5.41) is 3.08. The number of amidine groups is 1. The molecule has 3 rings (SSSR count). The number of carbonyl (C=O) groups excluding carboxylic acids is 1. The van der Waals surface area contributed by atoms with Gasteiger partial charge in [0.25, 0.3) is 5.91 Å². The Labute approximate surface area is 119 Å². The molecule has 4 atom stereocenters. The Morgan fingerprint density at radius 2 is 2.15 bits per heavy atom. The van der Waals surface area contributed by atoms with Gasteiger partial charge in [-0.05, 0) is 43.9 Å². The van der Waals surface area contributed by atoms with Gasteiger partial charge in [-0.1, -0.05) is 18.2 Å². The summed E-state index contributed by atoms with van der Waals surface area (Å²) in [6, 6.07) is 0. The molecule has 1 amide bonds. The Morgan fingerprint density at radius 3 is 2.65 bits per heavy atom. The SMILES string of the molecule is C[C@@]1(C(F)(F)F)SC(NCC2C[C@@H]3CCC2C3)=NC1=O. The topological polar surface area (TPSA) is 41.5 Å². The molecule has 3 aliphatic rings. The third-order valence-electron chi connectivity index (χ3n) is 4.85. The summed E-state index contributed by atoms with van der Waals surface area (Å²) in [4.78, 5) is 15.0. The highest BCUT2D eigenvalue weighted by Gasteiger charge is 2.61. The van der Waals surface area contributed by atoms with Crippen LogP contribution in [0.3, 0.4) is 0 Å². The van der Waals surface area contributed by atoms with Gasteiger partial charge in [-0.15, -0.1) is 0 Å². The fourth-order valence-corrected chi connectivity index (χ4v) is 4.48. The van der Waals surface area contributed by atoms with E-state index >= 15 is 0 Å². The maximum atomic E-state index is 12.9. The molecule has 1 aliphatic heterocycles. The summed E-state index contributed by atoms with van der Waals surface area (Å²) in [6.45, 7) is 1.53. The molecule has 2 fully saturated rings. The Balaban J connectivity index is 1.57. The second kappa shape index (κ2) is 4.64. The number of fused-ring (bicyclic) bond motifs is 2. The van der Waals surface area contributed by atoms with E-state index in [0.717, 1.165) is 19.3 Å². The number of rotatable bonds is 2. The zero-order chi connectivity index (χ0) is 14.5. The predicted octanol–water partition coefficient (Wildman–Crippen LogP) is 2.96. The normalized spacial score (nSPS) is 40.3. The van der Waals surface area contributed by atoms with Crippen molar-refractivity contribution in [3.05, 3.63) is 0 Å². The second-order valence-electron chi connectivity index (χ2n) is 6.17. The Hall–Kier alpha value is -0.720. The molecule has 2 unspecified atom stereocenters. The lowest BCUT2D eigenvalue weighted by Gasteiger charge is -2.24. The van der Waals surface area contributed by atoms with Gasteiger partial charge in [0.15, 0.2) is 9.91 Å². The van der Waals surface area contributed by atoms with Crippen molar-refractivity contribution in [2.24, 2.45) is 22.7 Å². The van der Waals surface area contributed by atoms with E-state index in [0.29, 0.717) is 30.1 Å². The van der Waals surface area contributed by atoms with E-state index in [9.17, 15) is 18.0 Å². The lowest BCUT2D eigenvalue weighted by molar-refractivity contribution is -0.165. The maximum absolute atomic E-state index is 12.9. The van der Waals surface area contributed by atoms with Crippen LogP contribution >= 0.6 is 11.8 Å².